The molecule has 2 aromatic rings. The van der Waals surface area contributed by atoms with Crippen LogP contribution in [-0.2, 0) is 6.54 Å². The van der Waals surface area contributed by atoms with Crippen LogP contribution in [0.3, 0.4) is 0 Å². The summed E-state index contributed by atoms with van der Waals surface area (Å²) in [5.41, 5.74) is 6.36. The summed E-state index contributed by atoms with van der Waals surface area (Å²) in [5.74, 6) is 0. The van der Waals surface area contributed by atoms with Crippen LogP contribution in [0, 0.1) is 0 Å². The Kier molecular flexibility index (Phi) is 3.08. The minimum absolute atomic E-state index is 0.00702. The van der Waals surface area contributed by atoms with Crippen molar-refractivity contribution in [3.8, 4) is 0 Å². The molecule has 0 spiro atoms. The second-order valence-corrected chi connectivity index (χ2v) is 3.82. The molecule has 1 heterocycles. The van der Waals surface area contributed by atoms with Crippen LogP contribution in [-0.4, -0.2) is 32.5 Å². The van der Waals surface area contributed by atoms with Crippen molar-refractivity contribution in [2.24, 2.45) is 0 Å². The number of anilines is 1. The molecule has 0 aliphatic heterocycles. The zero-order valence-electron chi connectivity index (χ0n) is 9.08. The van der Waals surface area contributed by atoms with Crippen molar-refractivity contribution < 1.29 is 10.2 Å². The maximum atomic E-state index is 12.0. The molecule has 0 bridgehead atoms. The van der Waals surface area contributed by atoms with E-state index in [2.05, 4.69) is 4.98 Å². The van der Waals surface area contributed by atoms with E-state index in [1.54, 1.807) is 18.2 Å². The van der Waals surface area contributed by atoms with Gasteiger partial charge in [0.2, 0.25) is 0 Å². The van der Waals surface area contributed by atoms with Gasteiger partial charge in [0.05, 0.1) is 36.5 Å². The first kappa shape index (κ1) is 11.6. The summed E-state index contributed by atoms with van der Waals surface area (Å²) in [6, 6.07) is 4.88. The third-order valence-electron chi connectivity index (χ3n) is 2.47. The van der Waals surface area contributed by atoms with Gasteiger partial charge in [0, 0.05) is 5.69 Å². The molecule has 6 nitrogen and oxygen atoms in total. The number of rotatable bonds is 3. The third kappa shape index (κ3) is 2.27. The third-order valence-corrected chi connectivity index (χ3v) is 2.47. The van der Waals surface area contributed by atoms with Crippen LogP contribution in [0.15, 0.2) is 29.3 Å². The van der Waals surface area contributed by atoms with E-state index < -0.39 is 12.7 Å². The topological polar surface area (TPSA) is 101 Å². The largest absolute Gasteiger partial charge is 0.399 e. The van der Waals surface area contributed by atoms with Crippen LogP contribution in [0.25, 0.3) is 10.9 Å². The van der Waals surface area contributed by atoms with E-state index in [1.807, 2.05) is 0 Å². The van der Waals surface area contributed by atoms with Crippen molar-refractivity contribution in [1.82, 2.24) is 9.55 Å². The SMILES string of the molecule is Nc1ccc2ncn(CC(O)CO)c(=O)c2c1. The molecule has 0 aliphatic carbocycles. The minimum Gasteiger partial charge on any atom is -0.399 e. The second-order valence-electron chi connectivity index (χ2n) is 3.82. The zero-order valence-corrected chi connectivity index (χ0v) is 9.08. The van der Waals surface area contributed by atoms with Crippen molar-refractivity contribution in [2.45, 2.75) is 12.6 Å². The predicted molar refractivity (Wildman–Crippen MR) is 63.5 cm³/mol. The van der Waals surface area contributed by atoms with Crippen molar-refractivity contribution in [3.63, 3.8) is 0 Å². The molecule has 0 aliphatic rings. The Morgan fingerprint density at radius 3 is 2.94 bits per heavy atom. The Balaban J connectivity index is 2.53. The molecule has 1 atom stereocenters. The molecule has 1 unspecified atom stereocenters. The standard InChI is InChI=1S/C11H13N3O3/c12-7-1-2-10-9(3-7)11(17)14(6-13-10)4-8(16)5-15/h1-3,6,8,15-16H,4-5,12H2. The second kappa shape index (κ2) is 4.52. The molecular formula is C11H13N3O3. The Labute approximate surface area is 96.9 Å². The lowest BCUT2D eigenvalue weighted by Gasteiger charge is -2.10. The first-order valence-corrected chi connectivity index (χ1v) is 5.15. The van der Waals surface area contributed by atoms with Crippen LogP contribution >= 0.6 is 0 Å². The van der Waals surface area contributed by atoms with Crippen molar-refractivity contribution >= 4 is 16.6 Å². The smallest absolute Gasteiger partial charge is 0.261 e. The summed E-state index contributed by atoms with van der Waals surface area (Å²) >= 11 is 0. The van der Waals surface area contributed by atoms with Gasteiger partial charge in [0.15, 0.2) is 0 Å². The van der Waals surface area contributed by atoms with Crippen LogP contribution in [0.4, 0.5) is 5.69 Å². The molecule has 2 rings (SSSR count). The molecular weight excluding hydrogens is 222 g/mol. The average Bonchev–Trinajstić information content (AvgIpc) is 2.33. The first-order chi connectivity index (χ1) is 8.11. The van der Waals surface area contributed by atoms with E-state index in [9.17, 15) is 9.90 Å². The number of aliphatic hydroxyl groups is 2. The van der Waals surface area contributed by atoms with Crippen LogP contribution in [0.1, 0.15) is 0 Å². The van der Waals surface area contributed by atoms with E-state index in [4.69, 9.17) is 10.8 Å². The summed E-state index contributed by atoms with van der Waals surface area (Å²) in [5, 5.41) is 18.4. The number of benzene rings is 1. The lowest BCUT2D eigenvalue weighted by atomic mass is 10.2. The predicted octanol–water partition coefficient (Wildman–Crippen LogP) is -0.668. The Bertz CT molecular complexity index is 594. The number of nitrogens with two attached hydrogens (primary N) is 1. The highest BCUT2D eigenvalue weighted by atomic mass is 16.3. The monoisotopic (exact) mass is 235 g/mol. The highest BCUT2D eigenvalue weighted by molar-refractivity contribution is 5.80. The maximum absolute atomic E-state index is 12.0. The first-order valence-electron chi connectivity index (χ1n) is 5.15. The van der Waals surface area contributed by atoms with Gasteiger partial charge in [0.1, 0.15) is 0 Å². The summed E-state index contributed by atoms with van der Waals surface area (Å²) in [7, 11) is 0. The summed E-state index contributed by atoms with van der Waals surface area (Å²) in [6.07, 6.45) is 0.368. The van der Waals surface area contributed by atoms with E-state index in [1.165, 1.54) is 10.9 Å². The van der Waals surface area contributed by atoms with E-state index in [0.29, 0.717) is 16.6 Å². The molecule has 0 saturated heterocycles. The fourth-order valence-electron chi connectivity index (χ4n) is 1.59. The maximum Gasteiger partial charge on any atom is 0.261 e. The van der Waals surface area contributed by atoms with Crippen molar-refractivity contribution in [3.05, 3.63) is 34.9 Å². The summed E-state index contributed by atoms with van der Waals surface area (Å²) < 4.78 is 1.25. The lowest BCUT2D eigenvalue weighted by molar-refractivity contribution is 0.0803. The number of aromatic nitrogens is 2. The van der Waals surface area contributed by atoms with Gasteiger partial charge >= 0.3 is 0 Å². The molecule has 17 heavy (non-hydrogen) atoms. The van der Waals surface area contributed by atoms with Crippen molar-refractivity contribution in [2.75, 3.05) is 12.3 Å². The molecule has 0 saturated carbocycles. The fourth-order valence-corrected chi connectivity index (χ4v) is 1.59. The van der Waals surface area contributed by atoms with Gasteiger partial charge in [-0.3, -0.25) is 9.36 Å². The highest BCUT2D eigenvalue weighted by Crippen LogP contribution is 2.10. The number of nitrogen functional groups attached to an aromatic ring is 1. The molecule has 0 fully saturated rings. The van der Waals surface area contributed by atoms with Crippen LogP contribution in [0.2, 0.25) is 0 Å². The van der Waals surface area contributed by atoms with E-state index in [-0.39, 0.29) is 12.1 Å². The van der Waals surface area contributed by atoms with Crippen molar-refractivity contribution in [1.29, 1.82) is 0 Å². The number of fused-ring (bicyclic) bond motifs is 1. The van der Waals surface area contributed by atoms with Crippen LogP contribution in [0.5, 0.6) is 0 Å². The van der Waals surface area contributed by atoms with Crippen LogP contribution < -0.4 is 11.3 Å². The van der Waals surface area contributed by atoms with Gasteiger partial charge in [-0.2, -0.15) is 0 Å². The average molecular weight is 235 g/mol. The Morgan fingerprint density at radius 2 is 2.24 bits per heavy atom. The van der Waals surface area contributed by atoms with Gasteiger partial charge in [-0.25, -0.2) is 4.98 Å². The number of nitrogens with zero attached hydrogens (tertiary/aromatic N) is 2. The molecule has 0 amide bonds. The van der Waals surface area contributed by atoms with Gasteiger partial charge in [-0.05, 0) is 18.2 Å². The molecule has 1 aromatic heterocycles. The fraction of sp³-hybridized carbons (Fsp3) is 0.273. The quantitative estimate of drug-likeness (QED) is 0.612. The van der Waals surface area contributed by atoms with Gasteiger partial charge in [-0.15, -0.1) is 0 Å². The number of aliphatic hydroxyl groups excluding tert-OH is 2. The molecule has 4 N–H and O–H groups in total. The lowest BCUT2D eigenvalue weighted by Crippen LogP contribution is -2.28. The minimum atomic E-state index is -0.979. The van der Waals surface area contributed by atoms with Gasteiger partial charge in [0.25, 0.3) is 5.56 Å². The van der Waals surface area contributed by atoms with Gasteiger partial charge in [-0.1, -0.05) is 0 Å². The number of hydrogen-bond acceptors (Lipinski definition) is 5. The van der Waals surface area contributed by atoms with E-state index >= 15 is 0 Å². The number of hydrogen-bond donors (Lipinski definition) is 3. The summed E-state index contributed by atoms with van der Waals surface area (Å²) in [4.78, 5) is 16.1. The molecule has 90 valence electrons. The molecule has 0 radical (unpaired) electrons. The normalized spacial score (nSPS) is 12.8. The zero-order chi connectivity index (χ0) is 12.4. The Hall–Kier alpha value is -1.92. The summed E-state index contributed by atoms with van der Waals surface area (Å²) in [6.45, 7) is -0.394. The van der Waals surface area contributed by atoms with Gasteiger partial charge < -0.3 is 15.9 Å². The highest BCUT2D eigenvalue weighted by Gasteiger charge is 2.08. The van der Waals surface area contributed by atoms with E-state index in [0.717, 1.165) is 0 Å². The molecule has 1 aromatic carbocycles. The Morgan fingerprint density at radius 1 is 1.47 bits per heavy atom. The molecule has 6 heteroatoms.